The molecule has 2 rings (SSSR count). The Balaban J connectivity index is 0.00000288. The van der Waals surface area contributed by atoms with Crippen molar-refractivity contribution < 1.29 is 9.47 Å². The fourth-order valence-corrected chi connectivity index (χ4v) is 2.27. The second-order valence-corrected chi connectivity index (χ2v) is 4.92. The lowest BCUT2D eigenvalue weighted by atomic mass is 10.2. The molecule has 0 heterocycles. The van der Waals surface area contributed by atoms with Gasteiger partial charge in [0.25, 0.3) is 0 Å². The number of methoxy groups -OCH3 is 2. The summed E-state index contributed by atoms with van der Waals surface area (Å²) in [5, 5.41) is 6.57. The maximum Gasteiger partial charge on any atom is 0.191 e. The fourth-order valence-electron chi connectivity index (χ4n) is 2.27. The minimum absolute atomic E-state index is 0. The number of nitrogens with zero attached hydrogens (tertiary/aromatic N) is 1. The van der Waals surface area contributed by atoms with E-state index in [9.17, 15) is 0 Å². The molecule has 2 aromatic carbocycles. The van der Waals surface area contributed by atoms with Gasteiger partial charge in [0, 0.05) is 25.7 Å². The monoisotopic (exact) mass is 441 g/mol. The van der Waals surface area contributed by atoms with Crippen LogP contribution in [0.4, 0.5) is 0 Å². The summed E-state index contributed by atoms with van der Waals surface area (Å²) in [6.45, 7) is 1.31. The normalized spacial score (nSPS) is 10.5. The van der Waals surface area contributed by atoms with Gasteiger partial charge < -0.3 is 20.1 Å². The number of hydrogen-bond acceptors (Lipinski definition) is 3. The van der Waals surface area contributed by atoms with Crippen molar-refractivity contribution in [1.82, 2.24) is 10.6 Å². The molecule has 0 saturated carbocycles. The van der Waals surface area contributed by atoms with E-state index in [1.54, 1.807) is 21.3 Å². The minimum Gasteiger partial charge on any atom is -0.493 e. The molecule has 0 atom stereocenters. The number of benzene rings is 2. The molecule has 0 aliphatic carbocycles. The van der Waals surface area contributed by atoms with E-state index >= 15 is 0 Å². The van der Waals surface area contributed by atoms with Gasteiger partial charge in [0.15, 0.2) is 17.5 Å². The fraction of sp³-hybridized carbons (Fsp3) is 0.278. The highest BCUT2D eigenvalue weighted by molar-refractivity contribution is 14.0. The largest absolute Gasteiger partial charge is 0.493 e. The highest BCUT2D eigenvalue weighted by atomic mass is 127. The van der Waals surface area contributed by atoms with Crippen LogP contribution in [-0.2, 0) is 13.1 Å². The number of ether oxygens (including phenoxy) is 2. The molecular weight excluding hydrogens is 417 g/mol. The van der Waals surface area contributed by atoms with Gasteiger partial charge in [-0.05, 0) is 11.6 Å². The lowest BCUT2D eigenvalue weighted by Gasteiger charge is -2.15. The molecule has 0 spiro atoms. The van der Waals surface area contributed by atoms with Gasteiger partial charge >= 0.3 is 0 Å². The standard InChI is InChI=1S/C18H23N3O2.HI/c1-19-18(20-12-14-8-5-4-6-9-14)21-13-15-10-7-11-16(22-2)17(15)23-3;/h4-11H,12-13H2,1-3H3,(H2,19,20,21);1H. The first-order valence-electron chi connectivity index (χ1n) is 7.46. The van der Waals surface area contributed by atoms with Gasteiger partial charge in [0.1, 0.15) is 0 Å². The number of halogens is 1. The first-order chi connectivity index (χ1) is 11.3. The average Bonchev–Trinajstić information content (AvgIpc) is 2.62. The summed E-state index contributed by atoms with van der Waals surface area (Å²) in [7, 11) is 5.03. The first kappa shape index (κ1) is 20.1. The van der Waals surface area contributed by atoms with Gasteiger partial charge in [-0.2, -0.15) is 0 Å². The molecule has 0 saturated heterocycles. The van der Waals surface area contributed by atoms with Crippen LogP contribution in [0.3, 0.4) is 0 Å². The van der Waals surface area contributed by atoms with Crippen molar-refractivity contribution in [2.75, 3.05) is 21.3 Å². The zero-order chi connectivity index (χ0) is 16.5. The van der Waals surface area contributed by atoms with Crippen LogP contribution in [0.25, 0.3) is 0 Å². The predicted molar refractivity (Wildman–Crippen MR) is 108 cm³/mol. The summed E-state index contributed by atoms with van der Waals surface area (Å²) < 4.78 is 10.8. The van der Waals surface area contributed by atoms with Gasteiger partial charge in [0.2, 0.25) is 0 Å². The van der Waals surface area contributed by atoms with Gasteiger partial charge in [-0.15, -0.1) is 24.0 Å². The molecule has 0 unspecified atom stereocenters. The summed E-state index contributed by atoms with van der Waals surface area (Å²) in [5.74, 6) is 2.19. The molecule has 2 N–H and O–H groups in total. The van der Waals surface area contributed by atoms with Gasteiger partial charge in [0.05, 0.1) is 14.2 Å². The van der Waals surface area contributed by atoms with Crippen molar-refractivity contribution in [2.24, 2.45) is 4.99 Å². The highest BCUT2D eigenvalue weighted by Crippen LogP contribution is 2.30. The number of para-hydroxylation sites is 1. The van der Waals surface area contributed by atoms with Crippen LogP contribution in [0.5, 0.6) is 11.5 Å². The molecule has 130 valence electrons. The summed E-state index contributed by atoms with van der Waals surface area (Å²) >= 11 is 0. The Morgan fingerprint density at radius 3 is 2.25 bits per heavy atom. The molecule has 0 aliphatic rings. The third kappa shape index (κ3) is 5.59. The summed E-state index contributed by atoms with van der Waals surface area (Å²) in [4.78, 5) is 4.24. The van der Waals surface area contributed by atoms with Crippen molar-refractivity contribution in [3.63, 3.8) is 0 Å². The van der Waals surface area contributed by atoms with Gasteiger partial charge in [-0.1, -0.05) is 42.5 Å². The second kappa shape index (κ2) is 10.7. The van der Waals surface area contributed by atoms with Crippen LogP contribution in [0.1, 0.15) is 11.1 Å². The molecule has 0 amide bonds. The van der Waals surface area contributed by atoms with E-state index in [2.05, 4.69) is 27.8 Å². The molecule has 5 nitrogen and oxygen atoms in total. The van der Waals surface area contributed by atoms with Crippen LogP contribution in [0.2, 0.25) is 0 Å². The van der Waals surface area contributed by atoms with Crippen molar-refractivity contribution in [1.29, 1.82) is 0 Å². The zero-order valence-corrected chi connectivity index (χ0v) is 16.5. The maximum atomic E-state index is 5.44. The molecule has 0 aliphatic heterocycles. The Morgan fingerprint density at radius 2 is 1.62 bits per heavy atom. The predicted octanol–water partition coefficient (Wildman–Crippen LogP) is 3.19. The number of aliphatic imine (C=N–C) groups is 1. The summed E-state index contributed by atoms with van der Waals surface area (Å²) in [6, 6.07) is 16.0. The van der Waals surface area contributed by atoms with E-state index in [-0.39, 0.29) is 24.0 Å². The SMILES string of the molecule is CN=C(NCc1ccccc1)NCc1cccc(OC)c1OC.I. The van der Waals surface area contributed by atoms with Crippen LogP contribution >= 0.6 is 24.0 Å². The summed E-state index contributed by atoms with van der Waals surface area (Å²) in [6.07, 6.45) is 0. The van der Waals surface area contributed by atoms with E-state index in [4.69, 9.17) is 9.47 Å². The number of guanidine groups is 1. The minimum atomic E-state index is 0. The lowest BCUT2D eigenvalue weighted by molar-refractivity contribution is 0.351. The third-order valence-electron chi connectivity index (χ3n) is 3.46. The van der Waals surface area contributed by atoms with Crippen LogP contribution in [-0.4, -0.2) is 27.2 Å². The Morgan fingerprint density at radius 1 is 0.917 bits per heavy atom. The van der Waals surface area contributed by atoms with Crippen molar-refractivity contribution in [3.8, 4) is 11.5 Å². The van der Waals surface area contributed by atoms with Crippen LogP contribution in [0.15, 0.2) is 53.5 Å². The van der Waals surface area contributed by atoms with E-state index in [0.29, 0.717) is 6.54 Å². The van der Waals surface area contributed by atoms with E-state index in [0.717, 1.165) is 29.6 Å². The van der Waals surface area contributed by atoms with E-state index in [1.165, 1.54) is 5.56 Å². The van der Waals surface area contributed by atoms with Crippen LogP contribution < -0.4 is 20.1 Å². The molecule has 0 aromatic heterocycles. The average molecular weight is 441 g/mol. The van der Waals surface area contributed by atoms with Gasteiger partial charge in [-0.25, -0.2) is 0 Å². The maximum absolute atomic E-state index is 5.44. The molecule has 0 fully saturated rings. The van der Waals surface area contributed by atoms with Crippen LogP contribution in [0, 0.1) is 0 Å². The van der Waals surface area contributed by atoms with Gasteiger partial charge in [-0.3, -0.25) is 4.99 Å². The molecule has 0 radical (unpaired) electrons. The Labute approximate surface area is 160 Å². The smallest absolute Gasteiger partial charge is 0.191 e. The molecule has 24 heavy (non-hydrogen) atoms. The molecular formula is C18H24IN3O2. The lowest BCUT2D eigenvalue weighted by Crippen LogP contribution is -2.36. The topological polar surface area (TPSA) is 54.9 Å². The summed E-state index contributed by atoms with van der Waals surface area (Å²) in [5.41, 5.74) is 2.21. The number of rotatable bonds is 6. The molecule has 6 heteroatoms. The third-order valence-corrected chi connectivity index (χ3v) is 3.46. The Hall–Kier alpha value is -1.96. The van der Waals surface area contributed by atoms with Crippen molar-refractivity contribution in [2.45, 2.75) is 13.1 Å². The quantitative estimate of drug-likeness (QED) is 0.411. The highest BCUT2D eigenvalue weighted by Gasteiger charge is 2.09. The van der Waals surface area contributed by atoms with E-state index in [1.807, 2.05) is 36.4 Å². The number of nitrogens with one attached hydrogen (secondary N) is 2. The zero-order valence-electron chi connectivity index (χ0n) is 14.2. The Kier molecular flexibility index (Phi) is 8.99. The Bertz CT molecular complexity index is 648. The molecule has 0 bridgehead atoms. The van der Waals surface area contributed by atoms with Crippen molar-refractivity contribution >= 4 is 29.9 Å². The molecule has 2 aromatic rings. The second-order valence-electron chi connectivity index (χ2n) is 4.92. The van der Waals surface area contributed by atoms with Crippen molar-refractivity contribution in [3.05, 3.63) is 59.7 Å². The van der Waals surface area contributed by atoms with E-state index < -0.39 is 0 Å². The number of hydrogen-bond donors (Lipinski definition) is 2. The first-order valence-corrected chi connectivity index (χ1v) is 7.46.